The van der Waals surface area contributed by atoms with Gasteiger partial charge in [0.2, 0.25) is 0 Å². The molecule has 110 valence electrons. The van der Waals surface area contributed by atoms with E-state index < -0.39 is 6.61 Å². The molecular weight excluding hydrogens is 262 g/mol. The Morgan fingerprint density at radius 2 is 2.10 bits per heavy atom. The van der Waals surface area contributed by atoms with Gasteiger partial charge in [-0.2, -0.15) is 8.78 Å². The highest BCUT2D eigenvalue weighted by Crippen LogP contribution is 2.30. The number of ether oxygens (including phenoxy) is 1. The summed E-state index contributed by atoms with van der Waals surface area (Å²) in [4.78, 5) is 2.54. The fourth-order valence-electron chi connectivity index (χ4n) is 3.39. The number of nitrogens with one attached hydrogen (secondary N) is 1. The molecule has 0 radical (unpaired) electrons. The van der Waals surface area contributed by atoms with Gasteiger partial charge in [0, 0.05) is 30.4 Å². The standard InChI is InChI=1S/C15H20F2N2O/c16-15(17)20-12-5-3-4-11(10-12)18-13-7-9-19-8-2-1-6-14(13)19/h3-5,10,13-15,18H,1-2,6-9H2. The molecule has 2 aliphatic rings. The fourth-order valence-corrected chi connectivity index (χ4v) is 3.39. The molecule has 2 unspecified atom stereocenters. The van der Waals surface area contributed by atoms with Crippen molar-refractivity contribution in [2.24, 2.45) is 0 Å². The van der Waals surface area contributed by atoms with Gasteiger partial charge in [-0.15, -0.1) is 0 Å². The van der Waals surface area contributed by atoms with Crippen molar-refractivity contribution in [2.45, 2.75) is 44.4 Å². The van der Waals surface area contributed by atoms with E-state index in [2.05, 4.69) is 15.0 Å². The van der Waals surface area contributed by atoms with E-state index in [9.17, 15) is 8.78 Å². The molecule has 0 spiro atoms. The summed E-state index contributed by atoms with van der Waals surface area (Å²) < 4.78 is 28.9. The lowest BCUT2D eigenvalue weighted by Crippen LogP contribution is -2.41. The van der Waals surface area contributed by atoms with Crippen LogP contribution < -0.4 is 10.1 Å². The van der Waals surface area contributed by atoms with Crippen molar-refractivity contribution in [2.75, 3.05) is 18.4 Å². The van der Waals surface area contributed by atoms with E-state index in [4.69, 9.17) is 0 Å². The number of rotatable bonds is 4. The second-order valence-electron chi connectivity index (χ2n) is 5.54. The van der Waals surface area contributed by atoms with E-state index in [0.29, 0.717) is 12.1 Å². The van der Waals surface area contributed by atoms with Crippen LogP contribution in [0.1, 0.15) is 25.7 Å². The predicted molar refractivity (Wildman–Crippen MR) is 74.3 cm³/mol. The number of benzene rings is 1. The molecule has 2 saturated heterocycles. The van der Waals surface area contributed by atoms with Gasteiger partial charge >= 0.3 is 6.61 Å². The van der Waals surface area contributed by atoms with Gasteiger partial charge in [0.1, 0.15) is 5.75 Å². The van der Waals surface area contributed by atoms with Crippen LogP contribution >= 0.6 is 0 Å². The van der Waals surface area contributed by atoms with Crippen LogP contribution in [0.3, 0.4) is 0 Å². The normalized spacial score (nSPS) is 26.6. The van der Waals surface area contributed by atoms with Gasteiger partial charge in [-0.1, -0.05) is 12.5 Å². The number of piperidine rings is 1. The minimum absolute atomic E-state index is 0.212. The molecule has 2 aliphatic heterocycles. The average molecular weight is 282 g/mol. The average Bonchev–Trinajstić information content (AvgIpc) is 2.82. The van der Waals surface area contributed by atoms with Gasteiger partial charge in [-0.25, -0.2) is 0 Å². The maximum atomic E-state index is 12.2. The van der Waals surface area contributed by atoms with Gasteiger partial charge < -0.3 is 10.1 Å². The smallest absolute Gasteiger partial charge is 0.387 e. The van der Waals surface area contributed by atoms with Crippen LogP contribution in [0.15, 0.2) is 24.3 Å². The Bertz CT molecular complexity index is 455. The van der Waals surface area contributed by atoms with Gasteiger partial charge in [0.25, 0.3) is 0 Å². The summed E-state index contributed by atoms with van der Waals surface area (Å²) >= 11 is 0. The van der Waals surface area contributed by atoms with Crippen molar-refractivity contribution in [3.05, 3.63) is 24.3 Å². The van der Waals surface area contributed by atoms with Crippen molar-refractivity contribution in [3.8, 4) is 5.75 Å². The Morgan fingerprint density at radius 3 is 2.95 bits per heavy atom. The fraction of sp³-hybridized carbons (Fsp3) is 0.600. The highest BCUT2D eigenvalue weighted by molar-refractivity contribution is 5.49. The minimum Gasteiger partial charge on any atom is -0.435 e. The third-order valence-corrected chi connectivity index (χ3v) is 4.27. The summed E-state index contributed by atoms with van der Waals surface area (Å²) in [6, 6.07) is 7.86. The molecular formula is C15H20F2N2O. The quantitative estimate of drug-likeness (QED) is 0.916. The summed E-state index contributed by atoms with van der Waals surface area (Å²) in [7, 11) is 0. The van der Waals surface area contributed by atoms with Gasteiger partial charge in [0.05, 0.1) is 0 Å². The Morgan fingerprint density at radius 1 is 1.20 bits per heavy atom. The van der Waals surface area contributed by atoms with Crippen LogP contribution in [-0.2, 0) is 0 Å². The first-order valence-corrected chi connectivity index (χ1v) is 7.28. The maximum Gasteiger partial charge on any atom is 0.387 e. The monoisotopic (exact) mass is 282 g/mol. The van der Waals surface area contributed by atoms with Crippen molar-refractivity contribution in [1.29, 1.82) is 0 Å². The van der Waals surface area contributed by atoms with E-state index >= 15 is 0 Å². The van der Waals surface area contributed by atoms with Gasteiger partial charge in [-0.3, -0.25) is 4.90 Å². The minimum atomic E-state index is -2.77. The Hall–Kier alpha value is -1.36. The number of hydrogen-bond acceptors (Lipinski definition) is 3. The maximum absolute atomic E-state index is 12.2. The van der Waals surface area contributed by atoms with Crippen molar-refractivity contribution in [3.63, 3.8) is 0 Å². The molecule has 5 heteroatoms. The number of hydrogen-bond donors (Lipinski definition) is 1. The number of alkyl halides is 2. The molecule has 2 heterocycles. The van der Waals surface area contributed by atoms with Crippen molar-refractivity contribution >= 4 is 5.69 Å². The first-order chi connectivity index (χ1) is 9.72. The SMILES string of the molecule is FC(F)Oc1cccc(NC2CCN3CCCCC23)c1. The largest absolute Gasteiger partial charge is 0.435 e. The van der Waals surface area contributed by atoms with Crippen LogP contribution in [-0.4, -0.2) is 36.7 Å². The zero-order valence-electron chi connectivity index (χ0n) is 11.4. The number of halogens is 2. The molecule has 1 aromatic rings. The Labute approximate surface area is 117 Å². The molecule has 0 aliphatic carbocycles. The number of fused-ring (bicyclic) bond motifs is 1. The van der Waals surface area contributed by atoms with E-state index in [-0.39, 0.29) is 5.75 Å². The molecule has 0 aromatic heterocycles. The Balaban J connectivity index is 1.65. The lowest BCUT2D eigenvalue weighted by Gasteiger charge is -2.33. The molecule has 3 rings (SSSR count). The summed E-state index contributed by atoms with van der Waals surface area (Å²) in [5.41, 5.74) is 0.862. The molecule has 2 fully saturated rings. The van der Waals surface area contributed by atoms with E-state index in [1.54, 1.807) is 18.2 Å². The van der Waals surface area contributed by atoms with Crippen LogP contribution in [0.25, 0.3) is 0 Å². The summed E-state index contributed by atoms with van der Waals surface area (Å²) in [6.45, 7) is -0.446. The molecule has 20 heavy (non-hydrogen) atoms. The molecule has 1 aromatic carbocycles. The number of nitrogens with zero attached hydrogens (tertiary/aromatic N) is 1. The van der Waals surface area contributed by atoms with Crippen molar-refractivity contribution in [1.82, 2.24) is 4.90 Å². The lowest BCUT2D eigenvalue weighted by atomic mass is 9.99. The first kappa shape index (κ1) is 13.6. The summed E-state index contributed by atoms with van der Waals surface area (Å²) in [5.74, 6) is 0.212. The van der Waals surface area contributed by atoms with Crippen LogP contribution in [0.2, 0.25) is 0 Å². The zero-order chi connectivity index (χ0) is 13.9. The van der Waals surface area contributed by atoms with E-state index in [1.165, 1.54) is 25.8 Å². The molecule has 0 saturated carbocycles. The third-order valence-electron chi connectivity index (χ3n) is 4.27. The highest BCUT2D eigenvalue weighted by Gasteiger charge is 2.35. The summed E-state index contributed by atoms with van der Waals surface area (Å²) in [6.07, 6.45) is 4.92. The first-order valence-electron chi connectivity index (χ1n) is 7.28. The second kappa shape index (κ2) is 5.95. The van der Waals surface area contributed by atoms with E-state index in [0.717, 1.165) is 18.7 Å². The van der Waals surface area contributed by atoms with Crippen LogP contribution in [0, 0.1) is 0 Å². The molecule has 1 N–H and O–H groups in total. The van der Waals surface area contributed by atoms with Crippen molar-refractivity contribution < 1.29 is 13.5 Å². The van der Waals surface area contributed by atoms with Crippen LogP contribution in [0.5, 0.6) is 5.75 Å². The van der Waals surface area contributed by atoms with Crippen LogP contribution in [0.4, 0.5) is 14.5 Å². The zero-order valence-corrected chi connectivity index (χ0v) is 11.4. The third kappa shape index (κ3) is 3.03. The second-order valence-corrected chi connectivity index (χ2v) is 5.54. The molecule has 0 amide bonds. The topological polar surface area (TPSA) is 24.5 Å². The van der Waals surface area contributed by atoms with Gasteiger partial charge in [0.15, 0.2) is 0 Å². The lowest BCUT2D eigenvalue weighted by molar-refractivity contribution is -0.0498. The molecule has 3 nitrogen and oxygen atoms in total. The Kier molecular flexibility index (Phi) is 4.05. The predicted octanol–water partition coefficient (Wildman–Crippen LogP) is 3.33. The summed E-state index contributed by atoms with van der Waals surface area (Å²) in [5, 5.41) is 3.49. The van der Waals surface area contributed by atoms with Gasteiger partial charge in [-0.05, 0) is 37.9 Å². The number of anilines is 1. The molecule has 0 bridgehead atoms. The molecule has 2 atom stereocenters. The highest BCUT2D eigenvalue weighted by atomic mass is 19.3. The van der Waals surface area contributed by atoms with E-state index in [1.807, 2.05) is 6.07 Å².